The molecule has 0 saturated carbocycles. The Labute approximate surface area is 141 Å². The van der Waals surface area contributed by atoms with Crippen LogP contribution in [0.4, 0.5) is 10.1 Å². The molecule has 2 N–H and O–H groups in total. The molecule has 1 heterocycles. The summed E-state index contributed by atoms with van der Waals surface area (Å²) in [6.07, 6.45) is 1.05. The van der Waals surface area contributed by atoms with E-state index in [0.29, 0.717) is 11.3 Å². The summed E-state index contributed by atoms with van der Waals surface area (Å²) in [6, 6.07) is 12.4. The maximum atomic E-state index is 13.6. The summed E-state index contributed by atoms with van der Waals surface area (Å²) in [6.45, 7) is 1.60. The number of carbonyl (C=O) groups is 1. The van der Waals surface area contributed by atoms with Crippen molar-refractivity contribution in [3.05, 3.63) is 92.5 Å². The maximum Gasteiger partial charge on any atom is 0.333 e. The number of aromatic nitrogens is 2. The number of rotatable bonds is 3. The van der Waals surface area contributed by atoms with Gasteiger partial charge in [-0.2, -0.15) is 0 Å². The number of aromatic amines is 1. The standard InChI is InChI=1S/C18H14FN3O3/c1-11-7-8-12(9-15(11)19)21-16(23)14-10-20-18(25)22(17(14)24)13-5-3-2-4-6-13/h2-10H,1H3,(H,20,25)(H,21,23). The van der Waals surface area contributed by atoms with Crippen LogP contribution in [0, 0.1) is 12.7 Å². The van der Waals surface area contributed by atoms with E-state index in [1.54, 1.807) is 37.3 Å². The zero-order valence-corrected chi connectivity index (χ0v) is 13.2. The second-order valence-corrected chi connectivity index (χ2v) is 5.40. The fourth-order valence-corrected chi connectivity index (χ4v) is 2.32. The molecule has 6 nitrogen and oxygen atoms in total. The van der Waals surface area contributed by atoms with Crippen molar-refractivity contribution >= 4 is 11.6 Å². The van der Waals surface area contributed by atoms with Gasteiger partial charge in [-0.25, -0.2) is 13.8 Å². The number of H-pyrrole nitrogens is 1. The van der Waals surface area contributed by atoms with Gasteiger partial charge in [-0.05, 0) is 36.8 Å². The first-order valence-electron chi connectivity index (χ1n) is 7.45. The topological polar surface area (TPSA) is 84.0 Å². The molecule has 3 rings (SSSR count). The lowest BCUT2D eigenvalue weighted by molar-refractivity contribution is 0.102. The van der Waals surface area contributed by atoms with E-state index < -0.39 is 23.0 Å². The van der Waals surface area contributed by atoms with Crippen LogP contribution >= 0.6 is 0 Å². The van der Waals surface area contributed by atoms with E-state index in [2.05, 4.69) is 10.3 Å². The van der Waals surface area contributed by atoms with Crippen LogP contribution in [0.5, 0.6) is 0 Å². The van der Waals surface area contributed by atoms with Gasteiger partial charge in [-0.1, -0.05) is 24.3 Å². The number of amides is 1. The second kappa shape index (κ2) is 6.56. The highest BCUT2D eigenvalue weighted by atomic mass is 19.1. The van der Waals surface area contributed by atoms with Gasteiger partial charge in [-0.15, -0.1) is 0 Å². The highest BCUT2D eigenvalue weighted by molar-refractivity contribution is 6.03. The van der Waals surface area contributed by atoms with Gasteiger partial charge in [0.1, 0.15) is 11.4 Å². The molecule has 0 bridgehead atoms. The summed E-state index contributed by atoms with van der Waals surface area (Å²) in [4.78, 5) is 39.3. The molecule has 0 spiro atoms. The van der Waals surface area contributed by atoms with Gasteiger partial charge < -0.3 is 10.3 Å². The van der Waals surface area contributed by atoms with E-state index in [1.165, 1.54) is 12.1 Å². The fraction of sp³-hybridized carbons (Fsp3) is 0.0556. The Hall–Kier alpha value is -3.48. The van der Waals surface area contributed by atoms with E-state index >= 15 is 0 Å². The molecule has 25 heavy (non-hydrogen) atoms. The molecule has 0 radical (unpaired) electrons. The zero-order chi connectivity index (χ0) is 18.0. The third-order valence-corrected chi connectivity index (χ3v) is 3.67. The Morgan fingerprint density at radius 1 is 1.12 bits per heavy atom. The number of nitrogens with zero attached hydrogens (tertiary/aromatic N) is 1. The lowest BCUT2D eigenvalue weighted by Crippen LogP contribution is -2.38. The van der Waals surface area contributed by atoms with Gasteiger partial charge in [0.15, 0.2) is 0 Å². The van der Waals surface area contributed by atoms with Crippen LogP contribution in [0.1, 0.15) is 15.9 Å². The molecule has 0 aliphatic carbocycles. The quantitative estimate of drug-likeness (QED) is 0.767. The van der Waals surface area contributed by atoms with Crippen LogP contribution in [-0.4, -0.2) is 15.5 Å². The van der Waals surface area contributed by atoms with Crippen LogP contribution in [0.2, 0.25) is 0 Å². The number of halogens is 1. The van der Waals surface area contributed by atoms with Crippen LogP contribution in [0.25, 0.3) is 5.69 Å². The Morgan fingerprint density at radius 2 is 1.84 bits per heavy atom. The Morgan fingerprint density at radius 3 is 2.52 bits per heavy atom. The minimum atomic E-state index is -0.764. The number of anilines is 1. The van der Waals surface area contributed by atoms with Crippen molar-refractivity contribution in [2.75, 3.05) is 5.32 Å². The van der Waals surface area contributed by atoms with E-state index in [9.17, 15) is 18.8 Å². The third kappa shape index (κ3) is 3.25. The summed E-state index contributed by atoms with van der Waals surface area (Å²) in [7, 11) is 0. The molecule has 1 aromatic heterocycles. The number of hydrogen-bond donors (Lipinski definition) is 2. The Kier molecular flexibility index (Phi) is 4.30. The fourth-order valence-electron chi connectivity index (χ4n) is 2.32. The van der Waals surface area contributed by atoms with Crippen molar-refractivity contribution in [1.29, 1.82) is 0 Å². The summed E-state index contributed by atoms with van der Waals surface area (Å²) in [5, 5.41) is 2.45. The molecule has 0 atom stereocenters. The normalized spacial score (nSPS) is 10.5. The smallest absolute Gasteiger partial charge is 0.322 e. The molecule has 0 fully saturated rings. The van der Waals surface area contributed by atoms with Crippen molar-refractivity contribution in [2.45, 2.75) is 6.92 Å². The van der Waals surface area contributed by atoms with Crippen LogP contribution in [0.15, 0.2) is 64.3 Å². The van der Waals surface area contributed by atoms with Crippen molar-refractivity contribution in [1.82, 2.24) is 9.55 Å². The largest absolute Gasteiger partial charge is 0.333 e. The number of nitrogens with one attached hydrogen (secondary N) is 2. The minimum Gasteiger partial charge on any atom is -0.322 e. The lowest BCUT2D eigenvalue weighted by Gasteiger charge is -2.08. The van der Waals surface area contributed by atoms with Gasteiger partial charge in [-0.3, -0.25) is 9.59 Å². The van der Waals surface area contributed by atoms with Crippen LogP contribution in [-0.2, 0) is 0 Å². The second-order valence-electron chi connectivity index (χ2n) is 5.40. The number of para-hydroxylation sites is 1. The molecule has 1 amide bonds. The van der Waals surface area contributed by atoms with Crippen LogP contribution < -0.4 is 16.6 Å². The van der Waals surface area contributed by atoms with Crippen molar-refractivity contribution < 1.29 is 9.18 Å². The van der Waals surface area contributed by atoms with Crippen molar-refractivity contribution in [2.24, 2.45) is 0 Å². The van der Waals surface area contributed by atoms with Crippen molar-refractivity contribution in [3.8, 4) is 5.69 Å². The third-order valence-electron chi connectivity index (χ3n) is 3.67. The molecular weight excluding hydrogens is 325 g/mol. The van der Waals surface area contributed by atoms with Gasteiger partial charge in [0.2, 0.25) is 0 Å². The Bertz CT molecular complexity index is 1060. The molecule has 3 aromatic rings. The van der Waals surface area contributed by atoms with Gasteiger partial charge in [0.25, 0.3) is 11.5 Å². The SMILES string of the molecule is Cc1ccc(NC(=O)c2c[nH]c(=O)n(-c3ccccc3)c2=O)cc1F. The van der Waals surface area contributed by atoms with Crippen LogP contribution in [0.3, 0.4) is 0 Å². The van der Waals surface area contributed by atoms with Crippen molar-refractivity contribution in [3.63, 3.8) is 0 Å². The molecular formula is C18H14FN3O3. The first-order chi connectivity index (χ1) is 12.0. The minimum absolute atomic E-state index is 0.213. The lowest BCUT2D eigenvalue weighted by atomic mass is 10.2. The van der Waals surface area contributed by atoms with E-state index in [-0.39, 0.29) is 11.3 Å². The monoisotopic (exact) mass is 339 g/mol. The van der Waals surface area contributed by atoms with Gasteiger partial charge in [0, 0.05) is 11.9 Å². The highest BCUT2D eigenvalue weighted by Gasteiger charge is 2.16. The first-order valence-corrected chi connectivity index (χ1v) is 7.45. The van der Waals surface area contributed by atoms with Gasteiger partial charge in [0.05, 0.1) is 5.69 Å². The predicted octanol–water partition coefficient (Wildman–Crippen LogP) is 2.23. The average Bonchev–Trinajstić information content (AvgIpc) is 2.59. The zero-order valence-electron chi connectivity index (χ0n) is 13.2. The summed E-state index contributed by atoms with van der Waals surface area (Å²) < 4.78 is 14.5. The Balaban J connectivity index is 2.00. The average molecular weight is 339 g/mol. The summed E-state index contributed by atoms with van der Waals surface area (Å²) in [5.41, 5.74) is -0.693. The number of carbonyl (C=O) groups excluding carboxylic acids is 1. The van der Waals surface area contributed by atoms with E-state index in [1.807, 2.05) is 0 Å². The molecule has 2 aromatic carbocycles. The molecule has 0 unspecified atom stereocenters. The van der Waals surface area contributed by atoms with E-state index in [0.717, 1.165) is 16.8 Å². The molecule has 126 valence electrons. The molecule has 0 saturated heterocycles. The molecule has 7 heteroatoms. The molecule has 0 aliphatic heterocycles. The summed E-state index contributed by atoms with van der Waals surface area (Å²) in [5.74, 6) is -1.21. The highest BCUT2D eigenvalue weighted by Crippen LogP contribution is 2.14. The number of hydrogen-bond acceptors (Lipinski definition) is 3. The summed E-state index contributed by atoms with van der Waals surface area (Å²) >= 11 is 0. The van der Waals surface area contributed by atoms with Gasteiger partial charge >= 0.3 is 5.69 Å². The number of benzene rings is 2. The predicted molar refractivity (Wildman–Crippen MR) is 91.7 cm³/mol. The molecule has 0 aliphatic rings. The first kappa shape index (κ1) is 16.4. The number of aryl methyl sites for hydroxylation is 1. The van der Waals surface area contributed by atoms with E-state index in [4.69, 9.17) is 0 Å². The maximum absolute atomic E-state index is 13.6.